The van der Waals surface area contributed by atoms with Crippen LogP contribution in [0.5, 0.6) is 0 Å². The molecule has 0 aliphatic heterocycles. The fourth-order valence-corrected chi connectivity index (χ4v) is 2.16. The SMILES string of the molecule is Cc1occc1C(=O)NN=C(c1ccccc1)c1ccccn1. The number of hydrogen-bond donors (Lipinski definition) is 1. The molecule has 0 aliphatic carbocycles. The number of aromatic nitrogens is 1. The molecule has 3 rings (SSSR count). The molecule has 1 amide bonds. The van der Waals surface area contributed by atoms with E-state index in [9.17, 15) is 4.79 Å². The van der Waals surface area contributed by atoms with Crippen LogP contribution in [-0.4, -0.2) is 16.6 Å². The third-order valence-corrected chi connectivity index (χ3v) is 3.33. The van der Waals surface area contributed by atoms with Crippen molar-refractivity contribution in [1.82, 2.24) is 10.4 Å². The maximum absolute atomic E-state index is 12.2. The van der Waals surface area contributed by atoms with Crippen molar-refractivity contribution in [2.45, 2.75) is 6.92 Å². The van der Waals surface area contributed by atoms with Gasteiger partial charge in [0, 0.05) is 11.8 Å². The van der Waals surface area contributed by atoms with Gasteiger partial charge < -0.3 is 4.42 Å². The maximum Gasteiger partial charge on any atom is 0.274 e. The predicted octanol–water partition coefficient (Wildman–Crippen LogP) is 3.17. The van der Waals surface area contributed by atoms with Crippen molar-refractivity contribution in [3.8, 4) is 0 Å². The Morgan fingerprint density at radius 2 is 1.87 bits per heavy atom. The first kappa shape index (κ1) is 14.7. The molecule has 3 aromatic rings. The van der Waals surface area contributed by atoms with Gasteiger partial charge in [-0.1, -0.05) is 36.4 Å². The van der Waals surface area contributed by atoms with E-state index in [1.807, 2.05) is 48.5 Å². The lowest BCUT2D eigenvalue weighted by molar-refractivity contribution is 0.0953. The first-order valence-corrected chi connectivity index (χ1v) is 7.14. The number of rotatable bonds is 4. The summed E-state index contributed by atoms with van der Waals surface area (Å²) in [4.78, 5) is 16.5. The average molecular weight is 305 g/mol. The minimum atomic E-state index is -0.319. The van der Waals surface area contributed by atoms with E-state index in [0.717, 1.165) is 5.56 Å². The Bertz CT molecular complexity index is 782. The molecular weight excluding hydrogens is 290 g/mol. The van der Waals surface area contributed by atoms with Crippen molar-refractivity contribution >= 4 is 11.6 Å². The highest BCUT2D eigenvalue weighted by molar-refractivity contribution is 6.12. The van der Waals surface area contributed by atoms with Gasteiger partial charge in [0.05, 0.1) is 17.5 Å². The molecule has 2 heterocycles. The van der Waals surface area contributed by atoms with E-state index >= 15 is 0 Å². The van der Waals surface area contributed by atoms with E-state index in [1.165, 1.54) is 6.26 Å². The number of hydrogen-bond acceptors (Lipinski definition) is 4. The number of carbonyl (C=O) groups excluding carboxylic acids is 1. The largest absolute Gasteiger partial charge is 0.469 e. The van der Waals surface area contributed by atoms with Gasteiger partial charge >= 0.3 is 0 Å². The molecule has 0 aliphatic rings. The van der Waals surface area contributed by atoms with Gasteiger partial charge in [-0.05, 0) is 25.1 Å². The number of hydrazone groups is 1. The topological polar surface area (TPSA) is 67.5 Å². The number of nitrogens with one attached hydrogen (secondary N) is 1. The number of pyridine rings is 1. The summed E-state index contributed by atoms with van der Waals surface area (Å²) in [6, 6.07) is 16.8. The number of nitrogens with zero attached hydrogens (tertiary/aromatic N) is 2. The van der Waals surface area contributed by atoms with Crippen molar-refractivity contribution in [3.05, 3.63) is 89.6 Å². The van der Waals surface area contributed by atoms with E-state index < -0.39 is 0 Å². The molecule has 23 heavy (non-hydrogen) atoms. The molecule has 1 aromatic carbocycles. The predicted molar refractivity (Wildman–Crippen MR) is 87.2 cm³/mol. The Balaban J connectivity index is 1.93. The molecule has 114 valence electrons. The monoisotopic (exact) mass is 305 g/mol. The molecular formula is C18H15N3O2. The summed E-state index contributed by atoms with van der Waals surface area (Å²) in [5, 5.41) is 4.27. The van der Waals surface area contributed by atoms with Crippen molar-refractivity contribution in [2.24, 2.45) is 5.10 Å². The van der Waals surface area contributed by atoms with Crippen LogP contribution < -0.4 is 5.43 Å². The summed E-state index contributed by atoms with van der Waals surface area (Å²) in [7, 11) is 0. The maximum atomic E-state index is 12.2. The molecule has 0 radical (unpaired) electrons. The molecule has 0 fully saturated rings. The second-order valence-corrected chi connectivity index (χ2v) is 4.87. The smallest absolute Gasteiger partial charge is 0.274 e. The molecule has 0 unspecified atom stereocenters. The van der Waals surface area contributed by atoms with Crippen molar-refractivity contribution in [1.29, 1.82) is 0 Å². The van der Waals surface area contributed by atoms with Gasteiger partial charge in [-0.2, -0.15) is 5.10 Å². The standard InChI is InChI=1S/C18H15N3O2/c1-13-15(10-12-23-13)18(22)21-20-17(14-7-3-2-4-8-14)16-9-5-6-11-19-16/h2-12H,1H3,(H,21,22). The lowest BCUT2D eigenvalue weighted by Gasteiger charge is -2.06. The first-order chi connectivity index (χ1) is 11.3. The lowest BCUT2D eigenvalue weighted by atomic mass is 10.1. The van der Waals surface area contributed by atoms with Gasteiger partial charge in [0.1, 0.15) is 11.5 Å². The number of amides is 1. The van der Waals surface area contributed by atoms with Crippen molar-refractivity contribution in [2.75, 3.05) is 0 Å². The lowest BCUT2D eigenvalue weighted by Crippen LogP contribution is -2.21. The Hall–Kier alpha value is -3.21. The van der Waals surface area contributed by atoms with Crippen LogP contribution in [0.4, 0.5) is 0 Å². The molecule has 5 nitrogen and oxygen atoms in total. The Morgan fingerprint density at radius 1 is 1.09 bits per heavy atom. The van der Waals surface area contributed by atoms with Crippen LogP contribution in [0, 0.1) is 6.92 Å². The van der Waals surface area contributed by atoms with Gasteiger partial charge in [0.15, 0.2) is 0 Å². The normalized spacial score (nSPS) is 11.3. The van der Waals surface area contributed by atoms with Crippen LogP contribution in [0.3, 0.4) is 0 Å². The first-order valence-electron chi connectivity index (χ1n) is 7.14. The summed E-state index contributed by atoms with van der Waals surface area (Å²) in [6.45, 7) is 1.73. The number of carbonyl (C=O) groups is 1. The van der Waals surface area contributed by atoms with Gasteiger partial charge in [0.2, 0.25) is 0 Å². The van der Waals surface area contributed by atoms with E-state index in [4.69, 9.17) is 4.42 Å². The zero-order valence-corrected chi connectivity index (χ0v) is 12.6. The summed E-state index contributed by atoms with van der Waals surface area (Å²) >= 11 is 0. The molecule has 0 saturated carbocycles. The number of aryl methyl sites for hydroxylation is 1. The second kappa shape index (κ2) is 6.70. The van der Waals surface area contributed by atoms with Crippen molar-refractivity contribution in [3.63, 3.8) is 0 Å². The van der Waals surface area contributed by atoms with Gasteiger partial charge in [0.25, 0.3) is 5.91 Å². The zero-order valence-electron chi connectivity index (χ0n) is 12.6. The molecule has 1 N–H and O–H groups in total. The third kappa shape index (κ3) is 3.35. The Kier molecular flexibility index (Phi) is 4.29. The highest BCUT2D eigenvalue weighted by atomic mass is 16.3. The molecule has 0 saturated heterocycles. The molecule has 5 heteroatoms. The average Bonchev–Trinajstić information content (AvgIpc) is 3.03. The van der Waals surface area contributed by atoms with Crippen LogP contribution in [0.1, 0.15) is 27.4 Å². The highest BCUT2D eigenvalue weighted by Crippen LogP contribution is 2.10. The summed E-state index contributed by atoms with van der Waals surface area (Å²) in [5.41, 5.74) is 5.18. The van der Waals surface area contributed by atoms with Gasteiger partial charge in [-0.25, -0.2) is 5.43 Å². The highest BCUT2D eigenvalue weighted by Gasteiger charge is 2.13. The van der Waals surface area contributed by atoms with Crippen LogP contribution in [0.2, 0.25) is 0 Å². The number of furan rings is 1. The summed E-state index contributed by atoms with van der Waals surface area (Å²) < 4.78 is 5.14. The molecule has 2 aromatic heterocycles. The molecule has 0 bridgehead atoms. The number of benzene rings is 1. The van der Waals surface area contributed by atoms with Gasteiger partial charge in [-0.3, -0.25) is 9.78 Å². The van der Waals surface area contributed by atoms with E-state index in [0.29, 0.717) is 22.7 Å². The van der Waals surface area contributed by atoms with E-state index in [-0.39, 0.29) is 5.91 Å². The van der Waals surface area contributed by atoms with E-state index in [2.05, 4.69) is 15.5 Å². The Morgan fingerprint density at radius 3 is 2.52 bits per heavy atom. The van der Waals surface area contributed by atoms with Crippen LogP contribution in [0.25, 0.3) is 0 Å². The van der Waals surface area contributed by atoms with Crippen LogP contribution >= 0.6 is 0 Å². The fraction of sp³-hybridized carbons (Fsp3) is 0.0556. The quantitative estimate of drug-likeness (QED) is 0.594. The van der Waals surface area contributed by atoms with E-state index in [1.54, 1.807) is 19.2 Å². The van der Waals surface area contributed by atoms with Crippen molar-refractivity contribution < 1.29 is 9.21 Å². The van der Waals surface area contributed by atoms with Gasteiger partial charge in [-0.15, -0.1) is 0 Å². The second-order valence-electron chi connectivity index (χ2n) is 4.87. The minimum absolute atomic E-state index is 0.319. The molecule has 0 spiro atoms. The zero-order chi connectivity index (χ0) is 16.1. The summed E-state index contributed by atoms with van der Waals surface area (Å²) in [6.07, 6.45) is 3.17. The Labute approximate surface area is 133 Å². The fourth-order valence-electron chi connectivity index (χ4n) is 2.16. The molecule has 0 atom stereocenters. The summed E-state index contributed by atoms with van der Waals surface area (Å²) in [5.74, 6) is 0.234. The van der Waals surface area contributed by atoms with Crippen LogP contribution in [-0.2, 0) is 0 Å². The van der Waals surface area contributed by atoms with Crippen LogP contribution in [0.15, 0.2) is 76.6 Å². The minimum Gasteiger partial charge on any atom is -0.469 e. The third-order valence-electron chi connectivity index (χ3n) is 3.33.